The molecule has 0 unspecified atom stereocenters. The Balaban J connectivity index is 1.44. The quantitative estimate of drug-likeness (QED) is 0.268. The van der Waals surface area contributed by atoms with E-state index < -0.39 is 36.0 Å². The van der Waals surface area contributed by atoms with Crippen molar-refractivity contribution < 1.29 is 24.6 Å². The minimum Gasteiger partial charge on any atom is -0.480 e. The number of pyridine rings is 1. The second-order valence-corrected chi connectivity index (χ2v) is 10.8. The molecule has 0 spiro atoms. The molecule has 2 amide bonds. The van der Waals surface area contributed by atoms with Gasteiger partial charge in [-0.15, -0.1) is 0 Å². The highest BCUT2D eigenvalue weighted by Crippen LogP contribution is 2.21. The van der Waals surface area contributed by atoms with E-state index in [1.54, 1.807) is 24.4 Å². The van der Waals surface area contributed by atoms with Gasteiger partial charge in [0.15, 0.2) is 0 Å². The lowest BCUT2D eigenvalue weighted by atomic mass is 10.00. The molecule has 9 nitrogen and oxygen atoms in total. The Hall–Kier alpha value is -4.08. The van der Waals surface area contributed by atoms with E-state index in [4.69, 9.17) is 0 Å². The van der Waals surface area contributed by atoms with Crippen molar-refractivity contribution in [2.75, 3.05) is 13.1 Å². The van der Waals surface area contributed by atoms with Crippen LogP contribution in [0, 0.1) is 0 Å². The summed E-state index contributed by atoms with van der Waals surface area (Å²) in [5.41, 5.74) is 3.63. The Morgan fingerprint density at radius 2 is 1.76 bits per heavy atom. The van der Waals surface area contributed by atoms with Crippen LogP contribution in [-0.4, -0.2) is 69.2 Å². The van der Waals surface area contributed by atoms with Gasteiger partial charge in [0.25, 0.3) is 11.8 Å². The number of nitrogens with one attached hydrogen (secondary N) is 2. The summed E-state index contributed by atoms with van der Waals surface area (Å²) in [5.74, 6) is -1.50. The maximum atomic E-state index is 13.3. The van der Waals surface area contributed by atoms with Gasteiger partial charge in [0.1, 0.15) is 6.04 Å². The molecular formula is C32H38N4O5. The number of amides is 2. The number of carboxylic acids is 1. The lowest BCUT2D eigenvalue weighted by Gasteiger charge is -2.25. The predicted molar refractivity (Wildman–Crippen MR) is 156 cm³/mol. The van der Waals surface area contributed by atoms with E-state index in [1.807, 2.05) is 36.5 Å². The number of hydrogen-bond acceptors (Lipinski definition) is 6. The fraction of sp³-hybridized carbons (Fsp3) is 0.375. The number of carboxylic acid groups (broad SMARTS) is 1. The van der Waals surface area contributed by atoms with Gasteiger partial charge in [-0.2, -0.15) is 0 Å². The predicted octanol–water partition coefficient (Wildman–Crippen LogP) is 3.39. The van der Waals surface area contributed by atoms with Crippen LogP contribution in [0.5, 0.6) is 0 Å². The molecule has 0 aliphatic carbocycles. The normalized spacial score (nSPS) is 16.4. The van der Waals surface area contributed by atoms with Crippen molar-refractivity contribution in [1.29, 1.82) is 0 Å². The van der Waals surface area contributed by atoms with Crippen LogP contribution in [0.3, 0.4) is 0 Å². The maximum Gasteiger partial charge on any atom is 0.326 e. The van der Waals surface area contributed by atoms with E-state index in [-0.39, 0.29) is 17.7 Å². The third-order valence-corrected chi connectivity index (χ3v) is 7.42. The third kappa shape index (κ3) is 7.99. The highest BCUT2D eigenvalue weighted by Gasteiger charge is 2.34. The number of aliphatic carboxylic acids is 1. The number of hydrogen-bond donors (Lipinski definition) is 4. The number of benzene rings is 2. The first-order valence-corrected chi connectivity index (χ1v) is 14.0. The van der Waals surface area contributed by atoms with Gasteiger partial charge < -0.3 is 25.7 Å². The van der Waals surface area contributed by atoms with E-state index in [0.29, 0.717) is 38.3 Å². The van der Waals surface area contributed by atoms with Gasteiger partial charge in [0.2, 0.25) is 0 Å². The van der Waals surface area contributed by atoms with Crippen LogP contribution in [0.2, 0.25) is 0 Å². The Morgan fingerprint density at radius 3 is 2.49 bits per heavy atom. The standard InChI is InChI=1S/C32H38N4O5/c1-21(2)26-14-23(17-33-19-26)18-34-20-29(37)27(15-22-8-4-3-5-9-22)35-30(38)24-10-6-11-25(16-24)31(39)36-13-7-12-28(36)32(40)41/h3-6,8-11,14,16-17,19,21,27-29,34,37H,7,12-13,15,18,20H2,1-2H3,(H,35,38)(H,40,41)/t27-,28+,29+/m0/s1. The number of nitrogens with zero attached hydrogens (tertiary/aromatic N) is 2. The molecule has 9 heteroatoms. The molecule has 3 aromatic rings. The number of rotatable bonds is 12. The van der Waals surface area contributed by atoms with Gasteiger partial charge in [-0.05, 0) is 60.1 Å². The average Bonchev–Trinajstić information content (AvgIpc) is 3.48. The topological polar surface area (TPSA) is 132 Å². The van der Waals surface area contributed by atoms with Crippen molar-refractivity contribution in [3.05, 3.63) is 101 Å². The van der Waals surface area contributed by atoms with E-state index in [0.717, 1.165) is 16.7 Å². The molecule has 0 radical (unpaired) electrons. The van der Waals surface area contributed by atoms with Crippen LogP contribution >= 0.6 is 0 Å². The van der Waals surface area contributed by atoms with Crippen molar-refractivity contribution in [3.63, 3.8) is 0 Å². The lowest BCUT2D eigenvalue weighted by Crippen LogP contribution is -2.48. The highest BCUT2D eigenvalue weighted by atomic mass is 16.4. The summed E-state index contributed by atoms with van der Waals surface area (Å²) in [6.07, 6.45) is 4.19. The molecule has 4 rings (SSSR count). The highest BCUT2D eigenvalue weighted by molar-refractivity contribution is 6.01. The Bertz CT molecular complexity index is 1350. The summed E-state index contributed by atoms with van der Waals surface area (Å²) in [6.45, 7) is 5.35. The van der Waals surface area contributed by atoms with Gasteiger partial charge in [0, 0.05) is 43.2 Å². The van der Waals surface area contributed by atoms with Crippen LogP contribution in [0.4, 0.5) is 0 Å². The van der Waals surface area contributed by atoms with Crippen molar-refractivity contribution >= 4 is 17.8 Å². The summed E-state index contributed by atoms with van der Waals surface area (Å²) in [6, 6.07) is 16.5. The SMILES string of the molecule is CC(C)c1cncc(CNC[C@@H](O)[C@H](Cc2ccccc2)NC(=O)c2cccc(C(=O)N3CCC[C@@H]3C(=O)O)c2)c1. The lowest BCUT2D eigenvalue weighted by molar-refractivity contribution is -0.141. The van der Waals surface area contributed by atoms with Crippen LogP contribution < -0.4 is 10.6 Å². The van der Waals surface area contributed by atoms with Crippen LogP contribution in [0.1, 0.15) is 70.0 Å². The molecule has 1 aliphatic rings. The first-order chi connectivity index (χ1) is 19.7. The molecule has 0 bridgehead atoms. The Morgan fingerprint density at radius 1 is 1.00 bits per heavy atom. The molecule has 216 valence electrons. The zero-order chi connectivity index (χ0) is 29.4. The average molecular weight is 559 g/mol. The number of aliphatic hydroxyl groups excluding tert-OH is 1. The Kier molecular flexibility index (Phi) is 10.2. The number of aliphatic hydroxyl groups is 1. The largest absolute Gasteiger partial charge is 0.480 e. The number of carbonyl (C=O) groups excluding carboxylic acids is 2. The van der Waals surface area contributed by atoms with Crippen LogP contribution in [-0.2, 0) is 17.8 Å². The molecule has 0 saturated carbocycles. The van der Waals surface area contributed by atoms with E-state index in [2.05, 4.69) is 35.5 Å². The first-order valence-electron chi connectivity index (χ1n) is 14.0. The van der Waals surface area contributed by atoms with Crippen LogP contribution in [0.15, 0.2) is 73.1 Å². The molecular weight excluding hydrogens is 520 g/mol. The molecule has 2 heterocycles. The van der Waals surface area contributed by atoms with Gasteiger partial charge in [-0.1, -0.05) is 56.3 Å². The number of aromatic nitrogens is 1. The summed E-state index contributed by atoms with van der Waals surface area (Å²) in [4.78, 5) is 43.6. The first kappa shape index (κ1) is 29.9. The maximum absolute atomic E-state index is 13.3. The van der Waals surface area contributed by atoms with Crippen molar-refractivity contribution in [2.24, 2.45) is 0 Å². The van der Waals surface area contributed by atoms with E-state index in [9.17, 15) is 24.6 Å². The zero-order valence-electron chi connectivity index (χ0n) is 23.5. The van der Waals surface area contributed by atoms with Crippen molar-refractivity contribution in [3.8, 4) is 0 Å². The van der Waals surface area contributed by atoms with Gasteiger partial charge >= 0.3 is 5.97 Å². The minimum absolute atomic E-state index is 0.244. The summed E-state index contributed by atoms with van der Waals surface area (Å²) in [7, 11) is 0. The van der Waals surface area contributed by atoms with E-state index >= 15 is 0 Å². The fourth-order valence-electron chi connectivity index (χ4n) is 5.06. The third-order valence-electron chi connectivity index (χ3n) is 7.42. The summed E-state index contributed by atoms with van der Waals surface area (Å²) < 4.78 is 0. The van der Waals surface area contributed by atoms with Crippen molar-refractivity contribution in [1.82, 2.24) is 20.5 Å². The van der Waals surface area contributed by atoms with Crippen molar-refractivity contribution in [2.45, 2.75) is 63.8 Å². The molecule has 1 fully saturated rings. The zero-order valence-corrected chi connectivity index (χ0v) is 23.5. The molecule has 2 aromatic carbocycles. The van der Waals surface area contributed by atoms with Gasteiger partial charge in [-0.3, -0.25) is 14.6 Å². The van der Waals surface area contributed by atoms with Gasteiger partial charge in [-0.25, -0.2) is 4.79 Å². The molecule has 1 aromatic heterocycles. The number of carbonyl (C=O) groups is 3. The molecule has 3 atom stereocenters. The van der Waals surface area contributed by atoms with Crippen LogP contribution in [0.25, 0.3) is 0 Å². The fourth-order valence-corrected chi connectivity index (χ4v) is 5.06. The molecule has 4 N–H and O–H groups in total. The molecule has 1 aliphatic heterocycles. The second-order valence-electron chi connectivity index (χ2n) is 10.8. The number of likely N-dealkylation sites (tertiary alicyclic amines) is 1. The molecule has 1 saturated heterocycles. The Labute approximate surface area is 240 Å². The second kappa shape index (κ2) is 14.0. The monoisotopic (exact) mass is 558 g/mol. The molecule has 41 heavy (non-hydrogen) atoms. The van der Waals surface area contributed by atoms with Gasteiger partial charge in [0.05, 0.1) is 12.1 Å². The smallest absolute Gasteiger partial charge is 0.326 e. The minimum atomic E-state index is -1.03. The summed E-state index contributed by atoms with van der Waals surface area (Å²) in [5, 5.41) is 26.8. The summed E-state index contributed by atoms with van der Waals surface area (Å²) >= 11 is 0. The van der Waals surface area contributed by atoms with E-state index in [1.165, 1.54) is 11.0 Å².